The van der Waals surface area contributed by atoms with Gasteiger partial charge in [-0.1, -0.05) is 30.3 Å². The zero-order valence-corrected chi connectivity index (χ0v) is 11.0. The molecule has 0 aliphatic rings. The number of amides is 1. The fraction of sp³-hybridized carbons (Fsp3) is 0.125. The van der Waals surface area contributed by atoms with Crippen LogP contribution in [0.15, 0.2) is 54.9 Å². The van der Waals surface area contributed by atoms with Crippen molar-refractivity contribution < 1.29 is 9.90 Å². The highest BCUT2D eigenvalue weighted by Gasteiger charge is 1.97. The van der Waals surface area contributed by atoms with Crippen LogP contribution in [-0.4, -0.2) is 16.0 Å². The van der Waals surface area contributed by atoms with E-state index in [0.717, 1.165) is 16.7 Å². The summed E-state index contributed by atoms with van der Waals surface area (Å²) < 4.78 is 0. The fourth-order valence-electron chi connectivity index (χ4n) is 1.66. The molecule has 4 nitrogen and oxygen atoms in total. The Kier molecular flexibility index (Phi) is 5.03. The lowest BCUT2D eigenvalue weighted by molar-refractivity contribution is -0.116. The summed E-state index contributed by atoms with van der Waals surface area (Å²) in [6, 6.07) is 11.2. The molecule has 0 aliphatic heterocycles. The Morgan fingerprint density at radius 1 is 1.20 bits per heavy atom. The molecule has 2 N–H and O–H groups in total. The number of rotatable bonds is 5. The Hall–Kier alpha value is -2.46. The number of aliphatic hydroxyl groups excluding tert-OH is 1. The number of hydrogen-bond acceptors (Lipinski definition) is 3. The lowest BCUT2D eigenvalue weighted by Gasteiger charge is -2.03. The van der Waals surface area contributed by atoms with E-state index in [2.05, 4.69) is 10.3 Å². The predicted octanol–water partition coefficient (Wildman–Crippen LogP) is 1.90. The molecule has 0 radical (unpaired) electrons. The highest BCUT2D eigenvalue weighted by Crippen LogP contribution is 2.04. The topological polar surface area (TPSA) is 62.2 Å². The number of pyridine rings is 1. The lowest BCUT2D eigenvalue weighted by atomic mass is 10.1. The van der Waals surface area contributed by atoms with Gasteiger partial charge >= 0.3 is 0 Å². The van der Waals surface area contributed by atoms with Gasteiger partial charge in [-0.15, -0.1) is 0 Å². The zero-order chi connectivity index (χ0) is 14.2. The van der Waals surface area contributed by atoms with E-state index in [0.29, 0.717) is 6.54 Å². The summed E-state index contributed by atoms with van der Waals surface area (Å²) >= 11 is 0. The van der Waals surface area contributed by atoms with Gasteiger partial charge < -0.3 is 10.4 Å². The second kappa shape index (κ2) is 7.21. The maximum absolute atomic E-state index is 11.7. The lowest BCUT2D eigenvalue weighted by Crippen LogP contribution is -2.20. The Morgan fingerprint density at radius 2 is 1.95 bits per heavy atom. The maximum Gasteiger partial charge on any atom is 0.244 e. The number of benzene rings is 1. The summed E-state index contributed by atoms with van der Waals surface area (Å²) in [5, 5.41) is 11.7. The third-order valence-electron chi connectivity index (χ3n) is 2.78. The van der Waals surface area contributed by atoms with Crippen molar-refractivity contribution in [1.82, 2.24) is 10.3 Å². The Morgan fingerprint density at radius 3 is 2.60 bits per heavy atom. The van der Waals surface area contributed by atoms with Crippen LogP contribution in [0.1, 0.15) is 16.7 Å². The first-order valence-corrected chi connectivity index (χ1v) is 6.32. The van der Waals surface area contributed by atoms with Crippen LogP contribution in [0, 0.1) is 0 Å². The molecule has 20 heavy (non-hydrogen) atoms. The van der Waals surface area contributed by atoms with Crippen molar-refractivity contribution >= 4 is 12.0 Å². The summed E-state index contributed by atoms with van der Waals surface area (Å²) in [5.74, 6) is -0.153. The van der Waals surface area contributed by atoms with E-state index in [1.54, 1.807) is 18.5 Å². The van der Waals surface area contributed by atoms with Gasteiger partial charge in [0.25, 0.3) is 0 Å². The van der Waals surface area contributed by atoms with Crippen LogP contribution in [0.2, 0.25) is 0 Å². The van der Waals surface area contributed by atoms with Gasteiger partial charge in [0, 0.05) is 25.0 Å². The van der Waals surface area contributed by atoms with Crippen LogP contribution in [0.5, 0.6) is 0 Å². The molecular weight excluding hydrogens is 252 g/mol. The van der Waals surface area contributed by atoms with Gasteiger partial charge in [0.15, 0.2) is 0 Å². The molecule has 0 fully saturated rings. The molecule has 0 unspecified atom stereocenters. The van der Waals surface area contributed by atoms with Crippen molar-refractivity contribution in [2.45, 2.75) is 13.2 Å². The van der Waals surface area contributed by atoms with Crippen molar-refractivity contribution in [3.63, 3.8) is 0 Å². The van der Waals surface area contributed by atoms with Gasteiger partial charge in [0.1, 0.15) is 0 Å². The summed E-state index contributed by atoms with van der Waals surface area (Å²) in [6.07, 6.45) is 6.58. The molecule has 1 aromatic heterocycles. The minimum atomic E-state index is -0.153. The van der Waals surface area contributed by atoms with Crippen molar-refractivity contribution in [2.75, 3.05) is 0 Å². The molecule has 1 amide bonds. The van der Waals surface area contributed by atoms with Crippen molar-refractivity contribution in [3.8, 4) is 0 Å². The first kappa shape index (κ1) is 14.0. The second-order valence-corrected chi connectivity index (χ2v) is 4.31. The standard InChI is InChI=1S/C16H16N2O2/c19-12-15-5-3-14(4-6-15)11-18-16(20)8-7-13-2-1-9-17-10-13/h1-10,19H,11-12H2,(H,18,20)/b8-7+. The van der Waals surface area contributed by atoms with E-state index in [1.807, 2.05) is 36.4 Å². The van der Waals surface area contributed by atoms with Crippen molar-refractivity contribution in [1.29, 1.82) is 0 Å². The molecule has 0 spiro atoms. The first-order chi connectivity index (χ1) is 9.78. The number of nitrogens with zero attached hydrogens (tertiary/aromatic N) is 1. The molecule has 0 aliphatic carbocycles. The van der Waals surface area contributed by atoms with Crippen LogP contribution >= 0.6 is 0 Å². The van der Waals surface area contributed by atoms with Gasteiger partial charge in [-0.3, -0.25) is 9.78 Å². The minimum Gasteiger partial charge on any atom is -0.392 e. The molecule has 0 saturated heterocycles. The number of aliphatic hydroxyl groups is 1. The van der Waals surface area contributed by atoms with Crippen LogP contribution in [0.25, 0.3) is 6.08 Å². The number of carbonyl (C=O) groups excluding carboxylic acids is 1. The fourth-order valence-corrected chi connectivity index (χ4v) is 1.66. The third-order valence-corrected chi connectivity index (χ3v) is 2.78. The molecule has 1 heterocycles. The predicted molar refractivity (Wildman–Crippen MR) is 77.5 cm³/mol. The number of aromatic nitrogens is 1. The monoisotopic (exact) mass is 268 g/mol. The van der Waals surface area contributed by atoms with Crippen LogP contribution < -0.4 is 5.32 Å². The molecule has 0 atom stereocenters. The second-order valence-electron chi connectivity index (χ2n) is 4.31. The average Bonchev–Trinajstić information content (AvgIpc) is 2.52. The van der Waals surface area contributed by atoms with Crippen molar-refractivity contribution in [3.05, 3.63) is 71.6 Å². The highest BCUT2D eigenvalue weighted by molar-refractivity contribution is 5.91. The smallest absolute Gasteiger partial charge is 0.244 e. The average molecular weight is 268 g/mol. The van der Waals surface area contributed by atoms with Gasteiger partial charge in [-0.05, 0) is 28.8 Å². The Bertz CT molecular complexity index is 577. The SMILES string of the molecule is O=C(/C=C/c1cccnc1)NCc1ccc(CO)cc1. The van der Waals surface area contributed by atoms with E-state index in [9.17, 15) is 4.79 Å². The van der Waals surface area contributed by atoms with E-state index < -0.39 is 0 Å². The number of hydrogen-bond donors (Lipinski definition) is 2. The molecule has 0 bridgehead atoms. The van der Waals surface area contributed by atoms with Gasteiger partial charge in [0.2, 0.25) is 5.91 Å². The molecule has 102 valence electrons. The zero-order valence-electron chi connectivity index (χ0n) is 11.0. The summed E-state index contributed by atoms with van der Waals surface area (Å²) in [7, 11) is 0. The Labute approximate surface area is 117 Å². The molecule has 4 heteroatoms. The van der Waals surface area contributed by atoms with Gasteiger partial charge in [-0.25, -0.2) is 0 Å². The van der Waals surface area contributed by atoms with Crippen molar-refractivity contribution in [2.24, 2.45) is 0 Å². The summed E-state index contributed by atoms with van der Waals surface area (Å²) in [6.45, 7) is 0.489. The quantitative estimate of drug-likeness (QED) is 0.814. The minimum absolute atomic E-state index is 0.0283. The van der Waals surface area contributed by atoms with Crippen LogP contribution in [0.3, 0.4) is 0 Å². The summed E-state index contributed by atoms with van der Waals surface area (Å²) in [5.41, 5.74) is 2.73. The van der Waals surface area contributed by atoms with Gasteiger partial charge in [-0.2, -0.15) is 0 Å². The maximum atomic E-state index is 11.7. The Balaban J connectivity index is 1.84. The third kappa shape index (κ3) is 4.33. The normalized spacial score (nSPS) is 10.7. The molecule has 2 aromatic rings. The van der Waals surface area contributed by atoms with Crippen LogP contribution in [-0.2, 0) is 17.9 Å². The number of carbonyl (C=O) groups is 1. The highest BCUT2D eigenvalue weighted by atomic mass is 16.3. The van der Waals surface area contributed by atoms with E-state index in [-0.39, 0.29) is 12.5 Å². The van der Waals surface area contributed by atoms with Crippen LogP contribution in [0.4, 0.5) is 0 Å². The molecule has 1 aromatic carbocycles. The molecule has 0 saturated carbocycles. The van der Waals surface area contributed by atoms with Gasteiger partial charge in [0.05, 0.1) is 6.61 Å². The number of nitrogens with one attached hydrogen (secondary N) is 1. The van der Waals surface area contributed by atoms with E-state index in [4.69, 9.17) is 5.11 Å². The first-order valence-electron chi connectivity index (χ1n) is 6.32. The van der Waals surface area contributed by atoms with E-state index in [1.165, 1.54) is 6.08 Å². The van der Waals surface area contributed by atoms with E-state index >= 15 is 0 Å². The summed E-state index contributed by atoms with van der Waals surface area (Å²) in [4.78, 5) is 15.6. The molecule has 2 rings (SSSR count). The molecular formula is C16H16N2O2. The largest absolute Gasteiger partial charge is 0.392 e.